The molecule has 0 unspecified atom stereocenters. The molecule has 0 aliphatic heterocycles. The van der Waals surface area contributed by atoms with Gasteiger partial charge in [-0.3, -0.25) is 4.79 Å². The average Bonchev–Trinajstić information content (AvgIpc) is 2.65. The van der Waals surface area contributed by atoms with E-state index in [1.807, 2.05) is 42.5 Å². The monoisotopic (exact) mass is 369 g/mol. The van der Waals surface area contributed by atoms with Gasteiger partial charge in [0.25, 0.3) is 5.91 Å². The number of para-hydroxylation sites is 2. The highest BCUT2D eigenvalue weighted by Crippen LogP contribution is 2.30. The number of carbonyl (C=O) groups excluding carboxylic acids is 1. The largest absolute Gasteiger partial charge is 0.491 e. The Morgan fingerprint density at radius 3 is 2.33 bits per heavy atom. The molecule has 27 heavy (non-hydrogen) atoms. The van der Waals surface area contributed by atoms with Crippen molar-refractivity contribution < 1.29 is 14.3 Å². The average molecular weight is 370 g/mol. The molecule has 0 heterocycles. The number of ether oxygens (including phenoxy) is 2. The third-order valence-electron chi connectivity index (χ3n) is 4.38. The van der Waals surface area contributed by atoms with E-state index in [0.29, 0.717) is 13.2 Å². The molecule has 1 atom stereocenters. The highest BCUT2D eigenvalue weighted by atomic mass is 16.5. The third kappa shape index (κ3) is 6.02. The Hall–Kier alpha value is -2.49. The van der Waals surface area contributed by atoms with Crippen LogP contribution in [0.15, 0.2) is 48.5 Å². The van der Waals surface area contributed by atoms with E-state index in [2.05, 4.69) is 39.1 Å². The van der Waals surface area contributed by atoms with Gasteiger partial charge in [0, 0.05) is 0 Å². The Bertz CT molecular complexity index is 749. The summed E-state index contributed by atoms with van der Waals surface area (Å²) in [6.07, 6.45) is 0.311. The zero-order chi connectivity index (χ0) is 19.9. The van der Waals surface area contributed by atoms with Crippen LogP contribution in [0.25, 0.3) is 0 Å². The number of amides is 1. The minimum atomic E-state index is -0.556. The molecule has 0 saturated heterocycles. The first-order valence-corrected chi connectivity index (χ1v) is 9.57. The summed E-state index contributed by atoms with van der Waals surface area (Å²) >= 11 is 0. The first-order chi connectivity index (χ1) is 12.8. The van der Waals surface area contributed by atoms with Crippen LogP contribution in [0.4, 0.5) is 0 Å². The van der Waals surface area contributed by atoms with Crippen molar-refractivity contribution in [1.29, 1.82) is 0 Å². The fraction of sp³-hybridized carbons (Fsp3) is 0.435. The fourth-order valence-electron chi connectivity index (χ4n) is 2.85. The van der Waals surface area contributed by atoms with Crippen LogP contribution in [0.2, 0.25) is 0 Å². The van der Waals surface area contributed by atoms with Crippen molar-refractivity contribution in [2.45, 2.75) is 52.6 Å². The molecule has 0 radical (unpaired) electrons. The number of hydrogen-bond donors (Lipinski definition) is 1. The SMILES string of the molecule is CCc1ccccc1O[C@H](C)C(=O)NCCOc1ccccc1C(C)(C)C. The lowest BCUT2D eigenvalue weighted by Gasteiger charge is -2.23. The minimum Gasteiger partial charge on any atom is -0.491 e. The van der Waals surface area contributed by atoms with E-state index < -0.39 is 6.10 Å². The van der Waals surface area contributed by atoms with E-state index in [1.165, 1.54) is 0 Å². The summed E-state index contributed by atoms with van der Waals surface area (Å²) in [5.41, 5.74) is 2.26. The van der Waals surface area contributed by atoms with Crippen LogP contribution in [-0.4, -0.2) is 25.2 Å². The van der Waals surface area contributed by atoms with Gasteiger partial charge in [0.1, 0.15) is 18.1 Å². The van der Waals surface area contributed by atoms with Gasteiger partial charge in [-0.1, -0.05) is 64.1 Å². The molecule has 4 nitrogen and oxygen atoms in total. The lowest BCUT2D eigenvalue weighted by Crippen LogP contribution is -2.38. The Labute approximate surface area is 162 Å². The van der Waals surface area contributed by atoms with Crippen LogP contribution >= 0.6 is 0 Å². The Balaban J connectivity index is 1.83. The second kappa shape index (κ2) is 9.45. The highest BCUT2D eigenvalue weighted by molar-refractivity contribution is 5.80. The lowest BCUT2D eigenvalue weighted by atomic mass is 9.86. The minimum absolute atomic E-state index is 0.00879. The van der Waals surface area contributed by atoms with Gasteiger partial charge in [0.2, 0.25) is 0 Å². The maximum absolute atomic E-state index is 12.3. The first kappa shape index (κ1) is 20.8. The summed E-state index contributed by atoms with van der Waals surface area (Å²) in [4.78, 5) is 12.3. The van der Waals surface area contributed by atoms with Crippen molar-refractivity contribution in [1.82, 2.24) is 5.32 Å². The van der Waals surface area contributed by atoms with E-state index in [1.54, 1.807) is 6.92 Å². The maximum Gasteiger partial charge on any atom is 0.260 e. The molecule has 0 aromatic heterocycles. The molecule has 2 rings (SSSR count). The van der Waals surface area contributed by atoms with Crippen molar-refractivity contribution in [3.05, 3.63) is 59.7 Å². The third-order valence-corrected chi connectivity index (χ3v) is 4.38. The molecule has 0 bridgehead atoms. The highest BCUT2D eigenvalue weighted by Gasteiger charge is 2.19. The molecule has 0 saturated carbocycles. The standard InChI is InChI=1S/C23H31NO3/c1-6-18-11-7-9-13-20(18)27-17(2)22(25)24-15-16-26-21-14-10-8-12-19(21)23(3,4)5/h7-14,17H,6,15-16H2,1-5H3,(H,24,25)/t17-/m1/s1. The second-order valence-corrected chi connectivity index (χ2v) is 7.61. The second-order valence-electron chi connectivity index (χ2n) is 7.61. The van der Waals surface area contributed by atoms with Crippen molar-refractivity contribution >= 4 is 5.91 Å². The number of benzene rings is 2. The van der Waals surface area contributed by atoms with Gasteiger partial charge in [-0.2, -0.15) is 0 Å². The molecule has 146 valence electrons. The van der Waals surface area contributed by atoms with Crippen LogP contribution in [-0.2, 0) is 16.6 Å². The van der Waals surface area contributed by atoms with Crippen molar-refractivity contribution in [2.75, 3.05) is 13.2 Å². The number of carbonyl (C=O) groups is 1. The van der Waals surface area contributed by atoms with Crippen LogP contribution in [0.1, 0.15) is 45.7 Å². The van der Waals surface area contributed by atoms with E-state index in [-0.39, 0.29) is 11.3 Å². The number of aryl methyl sites for hydroxylation is 1. The predicted octanol–water partition coefficient (Wildman–Crippen LogP) is 4.51. The summed E-state index contributed by atoms with van der Waals surface area (Å²) < 4.78 is 11.7. The van der Waals surface area contributed by atoms with Crippen molar-refractivity contribution in [3.63, 3.8) is 0 Å². The van der Waals surface area contributed by atoms with E-state index in [9.17, 15) is 4.79 Å². The van der Waals surface area contributed by atoms with Gasteiger partial charge >= 0.3 is 0 Å². The molecule has 0 fully saturated rings. The Morgan fingerprint density at radius 1 is 1.04 bits per heavy atom. The summed E-state index contributed by atoms with van der Waals surface area (Å²) in [6, 6.07) is 15.8. The van der Waals surface area contributed by atoms with E-state index in [0.717, 1.165) is 29.0 Å². The molecule has 0 spiro atoms. The predicted molar refractivity (Wildman–Crippen MR) is 110 cm³/mol. The van der Waals surface area contributed by atoms with Gasteiger partial charge in [0.05, 0.1) is 6.54 Å². The first-order valence-electron chi connectivity index (χ1n) is 9.57. The van der Waals surface area contributed by atoms with Gasteiger partial charge in [-0.05, 0) is 42.0 Å². The molecule has 1 amide bonds. The molecule has 2 aromatic carbocycles. The van der Waals surface area contributed by atoms with Crippen LogP contribution in [0.3, 0.4) is 0 Å². The number of rotatable bonds is 8. The zero-order valence-electron chi connectivity index (χ0n) is 17.0. The lowest BCUT2D eigenvalue weighted by molar-refractivity contribution is -0.127. The van der Waals surface area contributed by atoms with Gasteiger partial charge in [-0.25, -0.2) is 0 Å². The summed E-state index contributed by atoms with van der Waals surface area (Å²) in [7, 11) is 0. The topological polar surface area (TPSA) is 47.6 Å². The molecule has 4 heteroatoms. The molecular weight excluding hydrogens is 338 g/mol. The van der Waals surface area contributed by atoms with Crippen LogP contribution < -0.4 is 14.8 Å². The van der Waals surface area contributed by atoms with Crippen molar-refractivity contribution in [3.8, 4) is 11.5 Å². The van der Waals surface area contributed by atoms with Crippen molar-refractivity contribution in [2.24, 2.45) is 0 Å². The molecule has 1 N–H and O–H groups in total. The Kier molecular flexibility index (Phi) is 7.28. The maximum atomic E-state index is 12.3. The number of nitrogens with one attached hydrogen (secondary N) is 1. The molecule has 2 aromatic rings. The quantitative estimate of drug-likeness (QED) is 0.697. The molecule has 0 aliphatic rings. The van der Waals surface area contributed by atoms with Crippen LogP contribution in [0.5, 0.6) is 11.5 Å². The van der Waals surface area contributed by atoms with Gasteiger partial charge in [0.15, 0.2) is 6.10 Å². The zero-order valence-corrected chi connectivity index (χ0v) is 17.0. The summed E-state index contributed by atoms with van der Waals surface area (Å²) in [6.45, 7) is 11.1. The molecule has 0 aliphatic carbocycles. The smallest absolute Gasteiger partial charge is 0.260 e. The normalized spacial score (nSPS) is 12.3. The fourth-order valence-corrected chi connectivity index (χ4v) is 2.85. The van der Waals surface area contributed by atoms with Gasteiger partial charge < -0.3 is 14.8 Å². The summed E-state index contributed by atoms with van der Waals surface area (Å²) in [5.74, 6) is 1.48. The number of hydrogen-bond acceptors (Lipinski definition) is 3. The Morgan fingerprint density at radius 2 is 1.67 bits per heavy atom. The summed E-state index contributed by atoms with van der Waals surface area (Å²) in [5, 5.41) is 2.88. The van der Waals surface area contributed by atoms with E-state index in [4.69, 9.17) is 9.47 Å². The molecular formula is C23H31NO3. The van der Waals surface area contributed by atoms with Gasteiger partial charge in [-0.15, -0.1) is 0 Å². The van der Waals surface area contributed by atoms with Crippen LogP contribution in [0, 0.1) is 0 Å². The van der Waals surface area contributed by atoms with E-state index >= 15 is 0 Å².